The van der Waals surface area contributed by atoms with Crippen LogP contribution in [0.5, 0.6) is 0 Å². The first-order valence-corrected chi connectivity index (χ1v) is 1.11. The van der Waals surface area contributed by atoms with Crippen molar-refractivity contribution in [3.05, 3.63) is 12.7 Å². The van der Waals surface area contributed by atoms with Crippen LogP contribution in [0.1, 0.15) is 1.43 Å². The van der Waals surface area contributed by atoms with Crippen LogP contribution < -0.4 is 5.11 Å². The van der Waals surface area contributed by atoms with Gasteiger partial charge in [-0.3, -0.25) is 0 Å². The normalized spacial score (nSPS) is 5.33. The van der Waals surface area contributed by atoms with Crippen LogP contribution in [0.4, 0.5) is 0 Å². The zero-order chi connectivity index (χ0) is 4.28. The molecular weight excluding hydrogens is 127 g/mol. The molecule has 0 saturated carbocycles. The van der Waals surface area contributed by atoms with Gasteiger partial charge in [0.05, 0.1) is 5.97 Å². The molecule has 0 rings (SSSR count). The van der Waals surface area contributed by atoms with Gasteiger partial charge in [0.1, 0.15) is 0 Å². The summed E-state index contributed by atoms with van der Waals surface area (Å²) in [4.78, 5) is 9.14. The van der Waals surface area contributed by atoms with Crippen molar-refractivity contribution in [2.45, 2.75) is 0 Å². The summed E-state index contributed by atoms with van der Waals surface area (Å²) >= 11 is 0. The predicted molar refractivity (Wildman–Crippen MR) is 16.3 cm³/mol. The summed E-state index contributed by atoms with van der Waals surface area (Å²) in [5.41, 5.74) is 0. The summed E-state index contributed by atoms with van der Waals surface area (Å²) in [7, 11) is 0. The van der Waals surface area contributed by atoms with Crippen molar-refractivity contribution in [3.63, 3.8) is 0 Å². The molecule has 0 amide bonds. The molecule has 2 nitrogen and oxygen atoms in total. The Hall–Kier alpha value is -0.296. The van der Waals surface area contributed by atoms with Gasteiger partial charge < -0.3 is 11.3 Å². The molecule has 0 N–H and O–H groups in total. The maximum atomic E-state index is 9.14. The second-order valence-electron chi connectivity index (χ2n) is 0.523. The van der Waals surface area contributed by atoms with Crippen molar-refractivity contribution < 1.29 is 27.8 Å². The van der Waals surface area contributed by atoms with Gasteiger partial charge in [-0.15, -0.1) is 0 Å². The third-order valence-electron chi connectivity index (χ3n) is 0.167. The van der Waals surface area contributed by atoms with E-state index in [0.29, 0.717) is 0 Å². The van der Waals surface area contributed by atoms with E-state index in [-0.39, 0.29) is 17.9 Å². The Morgan fingerprint density at radius 1 is 2.00 bits per heavy atom. The third-order valence-corrected chi connectivity index (χ3v) is 0.167. The first-order valence-electron chi connectivity index (χ1n) is 1.11. The maximum Gasteiger partial charge on any atom is 2.00 e. The minimum Gasteiger partial charge on any atom is -1.00 e. The van der Waals surface area contributed by atoms with Gasteiger partial charge in [-0.2, -0.15) is 0 Å². The molecule has 0 fully saturated rings. The molecule has 38 valence electrons. The minimum atomic E-state index is -1.23. The molecule has 0 aliphatic carbocycles. The Morgan fingerprint density at radius 3 is 2.17 bits per heavy atom. The van der Waals surface area contributed by atoms with Crippen LogP contribution >= 0.6 is 0 Å². The zero-order valence-corrected chi connectivity index (χ0v) is 3.90. The molecule has 0 aromatic heterocycles. The first kappa shape index (κ1) is 9.20. The molecule has 0 unspecified atom stereocenters. The van der Waals surface area contributed by atoms with Crippen LogP contribution in [-0.4, -0.2) is 5.97 Å². The first-order chi connectivity index (χ1) is 2.27. The number of carbonyl (C=O) groups excluding carboxylic acids is 1. The molecule has 0 atom stereocenters. The van der Waals surface area contributed by atoms with Crippen molar-refractivity contribution in [1.82, 2.24) is 0 Å². The Morgan fingerprint density at radius 2 is 2.17 bits per heavy atom. The molecular formula is C3H4NiO2. The summed E-state index contributed by atoms with van der Waals surface area (Å²) in [6, 6.07) is 0. The van der Waals surface area contributed by atoms with Crippen molar-refractivity contribution in [3.8, 4) is 0 Å². The summed E-state index contributed by atoms with van der Waals surface area (Å²) in [5, 5.41) is 9.14. The number of hydrogen-bond donors (Lipinski definition) is 0. The van der Waals surface area contributed by atoms with E-state index in [0.717, 1.165) is 6.08 Å². The van der Waals surface area contributed by atoms with Gasteiger partial charge in [0.25, 0.3) is 0 Å². The summed E-state index contributed by atoms with van der Waals surface area (Å²) in [5.74, 6) is -1.23. The number of aliphatic carboxylic acids is 1. The van der Waals surface area contributed by atoms with Gasteiger partial charge in [-0.05, 0) is 6.08 Å². The zero-order valence-electron chi connectivity index (χ0n) is 3.92. The molecule has 0 aliphatic heterocycles. The van der Waals surface area contributed by atoms with E-state index in [2.05, 4.69) is 6.58 Å². The number of rotatable bonds is 1. The van der Waals surface area contributed by atoms with Gasteiger partial charge in [0.2, 0.25) is 0 Å². The SMILES string of the molecule is C=CC(=O)[O-].[H-].[Ni+2]. The average Bonchev–Trinajstić information content (AvgIpc) is 1.38. The molecule has 0 saturated heterocycles. The molecule has 3 heteroatoms. The summed E-state index contributed by atoms with van der Waals surface area (Å²) in [6.07, 6.45) is 0.722. The largest absolute Gasteiger partial charge is 2.00 e. The molecule has 0 aromatic rings. The Balaban J connectivity index is -0.0000000800. The quantitative estimate of drug-likeness (QED) is 0.339. The van der Waals surface area contributed by atoms with E-state index in [1.807, 2.05) is 0 Å². The van der Waals surface area contributed by atoms with Crippen molar-refractivity contribution in [1.29, 1.82) is 0 Å². The van der Waals surface area contributed by atoms with E-state index >= 15 is 0 Å². The molecule has 0 bridgehead atoms. The molecule has 0 heterocycles. The average molecular weight is 131 g/mol. The third kappa shape index (κ3) is 9.33. The number of carboxylic acids is 1. The predicted octanol–water partition coefficient (Wildman–Crippen LogP) is -0.968. The fourth-order valence-electron chi connectivity index (χ4n) is 0. The van der Waals surface area contributed by atoms with Gasteiger partial charge in [-0.1, -0.05) is 6.58 Å². The van der Waals surface area contributed by atoms with E-state index < -0.39 is 5.97 Å². The maximum absolute atomic E-state index is 9.14. The van der Waals surface area contributed by atoms with Crippen LogP contribution in [0.2, 0.25) is 0 Å². The monoisotopic (exact) mass is 130 g/mol. The summed E-state index contributed by atoms with van der Waals surface area (Å²) < 4.78 is 0. The van der Waals surface area contributed by atoms with Crippen molar-refractivity contribution in [2.75, 3.05) is 0 Å². The smallest absolute Gasteiger partial charge is 1.00 e. The van der Waals surface area contributed by atoms with Crippen LogP contribution in [0.25, 0.3) is 0 Å². The Bertz CT molecular complexity index is 64.0. The fraction of sp³-hybridized carbons (Fsp3) is 0. The van der Waals surface area contributed by atoms with Gasteiger partial charge in [0.15, 0.2) is 0 Å². The van der Waals surface area contributed by atoms with Gasteiger partial charge >= 0.3 is 16.5 Å². The number of hydrogen-bond acceptors (Lipinski definition) is 2. The summed E-state index contributed by atoms with van der Waals surface area (Å²) in [6.45, 7) is 2.90. The van der Waals surface area contributed by atoms with Crippen LogP contribution in [-0.2, 0) is 21.3 Å². The molecule has 0 spiro atoms. The topological polar surface area (TPSA) is 40.1 Å². The van der Waals surface area contributed by atoms with E-state index in [9.17, 15) is 0 Å². The van der Waals surface area contributed by atoms with E-state index in [1.165, 1.54) is 0 Å². The molecule has 0 radical (unpaired) electrons. The van der Waals surface area contributed by atoms with Crippen LogP contribution in [0.15, 0.2) is 12.7 Å². The van der Waals surface area contributed by atoms with Crippen molar-refractivity contribution in [2.24, 2.45) is 0 Å². The second-order valence-corrected chi connectivity index (χ2v) is 0.523. The minimum absolute atomic E-state index is 0. The van der Waals surface area contributed by atoms with E-state index in [4.69, 9.17) is 9.90 Å². The molecule has 6 heavy (non-hydrogen) atoms. The van der Waals surface area contributed by atoms with Crippen LogP contribution in [0, 0.1) is 0 Å². The Kier molecular flexibility index (Phi) is 7.21. The number of carbonyl (C=O) groups is 1. The van der Waals surface area contributed by atoms with E-state index in [1.54, 1.807) is 0 Å². The standard InChI is InChI=1S/C3H4O2.Ni.H/c1-2-3(4)5;;/h2H,1H2,(H,4,5);;/q;+2;-1/p-1. The molecule has 0 aromatic carbocycles. The van der Waals surface area contributed by atoms with Gasteiger partial charge in [0, 0.05) is 0 Å². The van der Waals surface area contributed by atoms with Crippen molar-refractivity contribution >= 4 is 5.97 Å². The van der Waals surface area contributed by atoms with Crippen LogP contribution in [0.3, 0.4) is 0 Å². The van der Waals surface area contributed by atoms with Gasteiger partial charge in [-0.25, -0.2) is 0 Å². The fourth-order valence-corrected chi connectivity index (χ4v) is 0. The second kappa shape index (κ2) is 4.70. The Labute approximate surface area is 47.3 Å². The number of carboxylic acid groups (broad SMARTS) is 1. The molecule has 0 aliphatic rings.